The van der Waals surface area contributed by atoms with Gasteiger partial charge in [0, 0.05) is 37.3 Å². The van der Waals surface area contributed by atoms with Gasteiger partial charge in [-0.05, 0) is 42.3 Å². The van der Waals surface area contributed by atoms with Gasteiger partial charge < -0.3 is 10.2 Å². The van der Waals surface area contributed by atoms with E-state index in [0.29, 0.717) is 5.56 Å². The third-order valence-corrected chi connectivity index (χ3v) is 6.75. The molecule has 0 radical (unpaired) electrons. The van der Waals surface area contributed by atoms with Gasteiger partial charge in [-0.2, -0.15) is 0 Å². The first-order valence-corrected chi connectivity index (χ1v) is 10.5. The van der Waals surface area contributed by atoms with Crippen molar-refractivity contribution in [2.24, 2.45) is 5.41 Å². The van der Waals surface area contributed by atoms with Crippen LogP contribution in [-0.2, 0) is 16.0 Å². The fraction of sp³-hybridized carbons (Fsp3) is 0.318. The summed E-state index contributed by atoms with van der Waals surface area (Å²) in [6.07, 6.45) is 1.74. The summed E-state index contributed by atoms with van der Waals surface area (Å²) in [5, 5.41) is 14.3. The Labute approximate surface area is 184 Å². The minimum atomic E-state index is -1.48. The van der Waals surface area contributed by atoms with Crippen LogP contribution in [-0.4, -0.2) is 39.8 Å². The molecule has 0 unspecified atom stereocenters. The van der Waals surface area contributed by atoms with Crippen LogP contribution < -0.4 is 10.2 Å². The quantitative estimate of drug-likeness (QED) is 0.344. The molecule has 2 aliphatic heterocycles. The van der Waals surface area contributed by atoms with Crippen molar-refractivity contribution in [3.8, 4) is 0 Å². The average molecular weight is 436 g/mol. The summed E-state index contributed by atoms with van der Waals surface area (Å²) in [5.41, 5.74) is 0.621. The van der Waals surface area contributed by atoms with E-state index >= 15 is 0 Å². The van der Waals surface area contributed by atoms with Crippen LogP contribution in [0.15, 0.2) is 48.5 Å². The molecule has 1 saturated heterocycles. The molecule has 2 heterocycles. The Bertz CT molecular complexity index is 1130. The van der Waals surface area contributed by atoms with Gasteiger partial charge in [0.05, 0.1) is 11.0 Å². The fourth-order valence-electron chi connectivity index (χ4n) is 4.92. The maximum atomic E-state index is 14.0. The minimum Gasteiger partial charge on any atom is -0.366 e. The van der Waals surface area contributed by atoms with Crippen molar-refractivity contribution < 1.29 is 14.5 Å². The van der Waals surface area contributed by atoms with Crippen molar-refractivity contribution in [3.05, 3.63) is 69.8 Å². The van der Waals surface area contributed by atoms with Crippen LogP contribution in [0.4, 0.5) is 11.4 Å². The number of nitrogens with one attached hydrogen (secondary N) is 1. The highest BCUT2D eigenvalue weighted by Gasteiger charge is 2.62. The molecule has 3 aliphatic rings. The number of carbonyl (C=O) groups excluding carboxylic acids is 2. The summed E-state index contributed by atoms with van der Waals surface area (Å²) in [6.45, 7) is 0. The number of non-ortho nitro benzene ring substituents is 1. The van der Waals surface area contributed by atoms with Crippen LogP contribution in [0.3, 0.4) is 0 Å². The summed E-state index contributed by atoms with van der Waals surface area (Å²) >= 11 is 5.34. The maximum Gasteiger partial charge on any atom is 0.269 e. The van der Waals surface area contributed by atoms with E-state index in [0.717, 1.165) is 24.1 Å². The zero-order chi connectivity index (χ0) is 21.9. The van der Waals surface area contributed by atoms with Gasteiger partial charge >= 0.3 is 0 Å². The summed E-state index contributed by atoms with van der Waals surface area (Å²) in [6, 6.07) is 13.4. The monoisotopic (exact) mass is 436 g/mol. The van der Waals surface area contributed by atoms with Crippen molar-refractivity contribution in [2.75, 3.05) is 11.9 Å². The largest absolute Gasteiger partial charge is 0.366 e. The number of nitro benzene ring substituents is 1. The molecule has 1 saturated carbocycles. The summed E-state index contributed by atoms with van der Waals surface area (Å²) in [4.78, 5) is 41.8. The minimum absolute atomic E-state index is 0.00860. The Hall–Kier alpha value is -3.33. The summed E-state index contributed by atoms with van der Waals surface area (Å²) in [7, 11) is 1.82. The molecule has 1 N–H and O–H groups in total. The number of hydrogen-bond acceptors (Lipinski definition) is 6. The third kappa shape index (κ3) is 2.83. The molecule has 9 heteroatoms. The van der Waals surface area contributed by atoms with Crippen LogP contribution in [0, 0.1) is 15.5 Å². The molecule has 31 heavy (non-hydrogen) atoms. The van der Waals surface area contributed by atoms with Gasteiger partial charge in [0.25, 0.3) is 5.69 Å². The molecule has 2 aromatic rings. The molecule has 0 bridgehead atoms. The number of nitrogens with zero attached hydrogens (tertiary/aromatic N) is 3. The van der Waals surface area contributed by atoms with Gasteiger partial charge in [-0.3, -0.25) is 24.6 Å². The van der Waals surface area contributed by atoms with E-state index in [1.807, 2.05) is 42.3 Å². The molecule has 1 spiro atoms. The van der Waals surface area contributed by atoms with Gasteiger partial charge in [-0.15, -0.1) is 0 Å². The first-order valence-electron chi connectivity index (χ1n) is 10.1. The Morgan fingerprint density at radius 2 is 1.87 bits per heavy atom. The smallest absolute Gasteiger partial charge is 0.269 e. The Morgan fingerprint density at radius 3 is 2.52 bits per heavy atom. The van der Waals surface area contributed by atoms with Crippen molar-refractivity contribution in [1.82, 2.24) is 10.2 Å². The van der Waals surface area contributed by atoms with Crippen molar-refractivity contribution in [2.45, 2.75) is 31.3 Å². The molecule has 2 fully saturated rings. The van der Waals surface area contributed by atoms with Gasteiger partial charge in [0.2, 0.25) is 11.8 Å². The maximum absolute atomic E-state index is 14.0. The lowest BCUT2D eigenvalue weighted by atomic mass is 9.66. The summed E-state index contributed by atoms with van der Waals surface area (Å²) < 4.78 is 0. The number of rotatable bonds is 3. The van der Waals surface area contributed by atoms with E-state index in [9.17, 15) is 19.7 Å². The van der Waals surface area contributed by atoms with Crippen LogP contribution in [0.25, 0.3) is 0 Å². The molecule has 2 aromatic carbocycles. The van der Waals surface area contributed by atoms with Gasteiger partial charge in [0.15, 0.2) is 10.5 Å². The number of amides is 2. The number of nitro groups is 1. The molecule has 2 atom stereocenters. The van der Waals surface area contributed by atoms with Crippen LogP contribution in [0.5, 0.6) is 0 Å². The predicted octanol–water partition coefficient (Wildman–Crippen LogP) is 2.72. The predicted molar refractivity (Wildman–Crippen MR) is 117 cm³/mol. The highest BCUT2D eigenvalue weighted by molar-refractivity contribution is 7.80. The zero-order valence-corrected chi connectivity index (χ0v) is 17.6. The number of fused-ring (bicyclic) bond motifs is 1. The molecule has 0 aromatic heterocycles. The number of hydrogen-bond donors (Lipinski definition) is 1. The standard InChI is InChI=1S/C22H20N4O4S/c1-24-17-10-9-16(26(29)30)11-14(17)12-22(18(24)13-5-3-2-4-6-13)19(27)23-21(31)25(20(22)28)15-7-8-15/h2-6,9-11,15,18H,7-8,12H2,1H3,(H,23,27,31)/t18-,22-/m0/s1. The number of benzene rings is 2. The van der Waals surface area contributed by atoms with E-state index in [1.165, 1.54) is 12.1 Å². The van der Waals surface area contributed by atoms with Crippen LogP contribution in [0.1, 0.15) is 30.0 Å². The van der Waals surface area contributed by atoms with E-state index in [1.54, 1.807) is 11.0 Å². The second-order valence-electron chi connectivity index (χ2n) is 8.31. The van der Waals surface area contributed by atoms with Crippen LogP contribution in [0.2, 0.25) is 0 Å². The lowest BCUT2D eigenvalue weighted by Gasteiger charge is -2.51. The molecule has 8 nitrogen and oxygen atoms in total. The average Bonchev–Trinajstić information content (AvgIpc) is 3.57. The topological polar surface area (TPSA) is 95.8 Å². The second-order valence-corrected chi connectivity index (χ2v) is 8.69. The first-order chi connectivity index (χ1) is 14.8. The van der Waals surface area contributed by atoms with Gasteiger partial charge in [-0.25, -0.2) is 0 Å². The second kappa shape index (κ2) is 6.84. The molecule has 1 aliphatic carbocycles. The molecule has 5 rings (SSSR count). The van der Waals surface area contributed by atoms with E-state index < -0.39 is 22.3 Å². The molecular weight excluding hydrogens is 416 g/mol. The van der Waals surface area contributed by atoms with Crippen molar-refractivity contribution in [1.29, 1.82) is 0 Å². The summed E-state index contributed by atoms with van der Waals surface area (Å²) in [5.74, 6) is -0.793. The lowest BCUT2D eigenvalue weighted by Crippen LogP contribution is -2.69. The number of thiocarbonyl (C=S) groups is 1. The van der Waals surface area contributed by atoms with E-state index in [2.05, 4.69) is 5.32 Å². The van der Waals surface area contributed by atoms with Gasteiger partial charge in [0.1, 0.15) is 0 Å². The SMILES string of the molecule is CN1c2ccc([N+](=O)[O-])cc2C[C@@]2(C(=O)NC(=S)N(C3CC3)C2=O)[C@@H]1c1ccccc1. The first kappa shape index (κ1) is 19.6. The molecule has 2 amide bonds. The number of anilines is 1. The van der Waals surface area contributed by atoms with Crippen LogP contribution >= 0.6 is 12.2 Å². The molecule has 158 valence electrons. The Balaban J connectivity index is 1.73. The van der Waals surface area contributed by atoms with E-state index in [-0.39, 0.29) is 29.2 Å². The van der Waals surface area contributed by atoms with Gasteiger partial charge in [-0.1, -0.05) is 30.3 Å². The van der Waals surface area contributed by atoms with E-state index in [4.69, 9.17) is 12.2 Å². The highest BCUT2D eigenvalue weighted by Crippen LogP contribution is 2.52. The zero-order valence-electron chi connectivity index (χ0n) is 16.8. The normalized spacial score (nSPS) is 25.5. The van der Waals surface area contributed by atoms with Crippen molar-refractivity contribution in [3.63, 3.8) is 0 Å². The third-order valence-electron chi connectivity index (χ3n) is 6.45. The highest BCUT2D eigenvalue weighted by atomic mass is 32.1. The Morgan fingerprint density at radius 1 is 1.16 bits per heavy atom. The molecular formula is C22H20N4O4S. The fourth-order valence-corrected chi connectivity index (χ4v) is 5.24. The van der Waals surface area contributed by atoms with Crippen molar-refractivity contribution >= 4 is 40.5 Å². The lowest BCUT2D eigenvalue weighted by molar-refractivity contribution is -0.384. The number of carbonyl (C=O) groups is 2. The Kier molecular flexibility index (Phi) is 4.33.